The summed E-state index contributed by atoms with van der Waals surface area (Å²) < 4.78 is 2.26. The van der Waals surface area contributed by atoms with Crippen LogP contribution >= 0.6 is 0 Å². The molecule has 3 aromatic rings. The molecule has 158 valence electrons. The number of H-pyrrole nitrogens is 1. The molecule has 11 heteroatoms. The number of anilines is 3. The average molecular weight is 413 g/mol. The maximum Gasteiger partial charge on any atom is 0.290 e. The number of nitrogens with one attached hydrogen (secondary N) is 3. The van der Waals surface area contributed by atoms with E-state index in [9.17, 15) is 19.5 Å². The van der Waals surface area contributed by atoms with Crippen molar-refractivity contribution in [3.63, 3.8) is 0 Å². The Hall–Kier alpha value is -4.02. The van der Waals surface area contributed by atoms with Gasteiger partial charge in [-0.1, -0.05) is 30.3 Å². The van der Waals surface area contributed by atoms with Gasteiger partial charge in [0.2, 0.25) is 0 Å². The Bertz CT molecular complexity index is 1190. The van der Waals surface area contributed by atoms with Gasteiger partial charge in [-0.15, -0.1) is 0 Å². The fourth-order valence-electron chi connectivity index (χ4n) is 2.88. The molecule has 3 rings (SSSR count). The zero-order valence-electron chi connectivity index (χ0n) is 17.1. The summed E-state index contributed by atoms with van der Waals surface area (Å²) in [6.45, 7) is 0.298. The molecular formula is C19H23N7O4. The van der Waals surface area contributed by atoms with Crippen LogP contribution in [-0.4, -0.2) is 49.6 Å². The van der Waals surface area contributed by atoms with Crippen LogP contribution < -0.4 is 21.8 Å². The van der Waals surface area contributed by atoms with E-state index in [4.69, 9.17) is 0 Å². The molecule has 0 radical (unpaired) electrons. The molecular weight excluding hydrogens is 390 g/mol. The van der Waals surface area contributed by atoms with E-state index >= 15 is 0 Å². The first-order valence-corrected chi connectivity index (χ1v) is 9.06. The third-order valence-corrected chi connectivity index (χ3v) is 4.45. The average Bonchev–Trinajstić information content (AvgIpc) is 2.98. The minimum Gasteiger partial charge on any atom is -0.503 e. The highest BCUT2D eigenvalue weighted by atomic mass is 16.3. The summed E-state index contributed by atoms with van der Waals surface area (Å²) in [4.78, 5) is 38.8. The lowest BCUT2D eigenvalue weighted by Crippen LogP contribution is -2.31. The van der Waals surface area contributed by atoms with E-state index in [1.165, 1.54) is 23.7 Å². The molecule has 0 saturated carbocycles. The SMILES string of the molecule is CN(C)C(=O)c1c(O)c(Nc2c(NCc3ccccc3)c(=O)n(C)[nH]c2=O)nn1C. The molecule has 0 bridgehead atoms. The van der Waals surface area contributed by atoms with Crippen LogP contribution in [0.1, 0.15) is 16.1 Å². The number of aromatic amines is 1. The smallest absolute Gasteiger partial charge is 0.290 e. The number of benzene rings is 1. The van der Waals surface area contributed by atoms with Crippen molar-refractivity contribution in [1.29, 1.82) is 0 Å². The van der Waals surface area contributed by atoms with Crippen molar-refractivity contribution < 1.29 is 9.90 Å². The van der Waals surface area contributed by atoms with Crippen LogP contribution in [0.25, 0.3) is 0 Å². The lowest BCUT2D eigenvalue weighted by atomic mass is 10.2. The molecule has 11 nitrogen and oxygen atoms in total. The van der Waals surface area contributed by atoms with Crippen molar-refractivity contribution in [2.75, 3.05) is 24.7 Å². The second kappa shape index (κ2) is 8.15. The molecule has 2 aromatic heterocycles. The molecule has 0 aliphatic carbocycles. The summed E-state index contributed by atoms with van der Waals surface area (Å²) >= 11 is 0. The van der Waals surface area contributed by atoms with Gasteiger partial charge in [-0.25, -0.2) is 0 Å². The summed E-state index contributed by atoms with van der Waals surface area (Å²) in [5, 5.41) is 22.6. The van der Waals surface area contributed by atoms with Gasteiger partial charge in [-0.05, 0) is 5.56 Å². The van der Waals surface area contributed by atoms with Crippen molar-refractivity contribution in [3.8, 4) is 5.75 Å². The standard InChI is InChI=1S/C19H23N7O4/c1-24(2)19(30)14-15(27)16(22-25(14)3)21-12-13(18(29)26(4)23-17(12)28)20-10-11-8-6-5-7-9-11/h5-9,20,27H,10H2,1-4H3,(H,21,22)(H,23,28). The zero-order valence-corrected chi connectivity index (χ0v) is 17.1. The highest BCUT2D eigenvalue weighted by Crippen LogP contribution is 2.30. The van der Waals surface area contributed by atoms with E-state index in [0.717, 1.165) is 10.2 Å². The maximum atomic E-state index is 12.6. The lowest BCUT2D eigenvalue weighted by molar-refractivity contribution is 0.0814. The predicted molar refractivity (Wildman–Crippen MR) is 112 cm³/mol. The molecule has 0 fully saturated rings. The molecule has 0 saturated heterocycles. The first-order chi connectivity index (χ1) is 14.2. The predicted octanol–water partition coefficient (Wildman–Crippen LogP) is 0.570. The Kier molecular flexibility index (Phi) is 5.63. The lowest BCUT2D eigenvalue weighted by Gasteiger charge is -2.13. The molecule has 4 N–H and O–H groups in total. The summed E-state index contributed by atoms with van der Waals surface area (Å²) in [5.74, 6) is -1.01. The summed E-state index contributed by atoms with van der Waals surface area (Å²) in [6.07, 6.45) is 0. The summed E-state index contributed by atoms with van der Waals surface area (Å²) in [5.41, 5.74) is -0.333. The van der Waals surface area contributed by atoms with Crippen molar-refractivity contribution in [3.05, 3.63) is 62.3 Å². The number of hydrogen-bond acceptors (Lipinski definition) is 7. The van der Waals surface area contributed by atoms with Crippen LogP contribution in [0.5, 0.6) is 5.75 Å². The van der Waals surface area contributed by atoms with Gasteiger partial charge in [0.1, 0.15) is 11.4 Å². The van der Waals surface area contributed by atoms with Crippen molar-refractivity contribution >= 4 is 23.1 Å². The van der Waals surface area contributed by atoms with E-state index in [1.807, 2.05) is 30.3 Å². The number of aromatic nitrogens is 4. The van der Waals surface area contributed by atoms with Crippen molar-refractivity contribution in [2.45, 2.75) is 6.54 Å². The number of amides is 1. The number of hydrogen-bond donors (Lipinski definition) is 4. The third kappa shape index (κ3) is 3.90. The van der Waals surface area contributed by atoms with Gasteiger partial charge in [-0.3, -0.25) is 28.8 Å². The minimum atomic E-state index is -0.599. The molecule has 1 aromatic carbocycles. The summed E-state index contributed by atoms with van der Waals surface area (Å²) in [6, 6.07) is 9.35. The molecule has 0 aliphatic heterocycles. The molecule has 0 unspecified atom stereocenters. The number of rotatable bonds is 6. The number of carbonyl (C=O) groups is 1. The second-order valence-electron chi connectivity index (χ2n) is 6.89. The fourth-order valence-corrected chi connectivity index (χ4v) is 2.88. The molecule has 0 aliphatic rings. The van der Waals surface area contributed by atoms with E-state index < -0.39 is 22.8 Å². The van der Waals surface area contributed by atoms with Gasteiger partial charge in [-0.2, -0.15) is 5.10 Å². The zero-order chi connectivity index (χ0) is 22.0. The van der Waals surface area contributed by atoms with Crippen LogP contribution in [-0.2, 0) is 20.6 Å². The van der Waals surface area contributed by atoms with Gasteiger partial charge in [0.25, 0.3) is 17.0 Å². The quantitative estimate of drug-likeness (QED) is 0.464. The number of carbonyl (C=O) groups excluding carboxylic acids is 1. The molecule has 2 heterocycles. The third-order valence-electron chi connectivity index (χ3n) is 4.45. The second-order valence-corrected chi connectivity index (χ2v) is 6.89. The first-order valence-electron chi connectivity index (χ1n) is 9.06. The van der Waals surface area contributed by atoms with Gasteiger partial charge in [0.05, 0.1) is 0 Å². The normalized spacial score (nSPS) is 10.7. The maximum absolute atomic E-state index is 12.6. The Morgan fingerprint density at radius 1 is 1.17 bits per heavy atom. The number of aromatic hydroxyl groups is 1. The highest BCUT2D eigenvalue weighted by molar-refractivity contribution is 5.97. The van der Waals surface area contributed by atoms with Crippen LogP contribution in [0.3, 0.4) is 0 Å². The van der Waals surface area contributed by atoms with E-state index in [0.29, 0.717) is 6.54 Å². The minimum absolute atomic E-state index is 0.00985. The van der Waals surface area contributed by atoms with Crippen LogP contribution in [0.2, 0.25) is 0 Å². The van der Waals surface area contributed by atoms with Crippen LogP contribution in [0.4, 0.5) is 17.2 Å². The molecule has 1 amide bonds. The van der Waals surface area contributed by atoms with Crippen molar-refractivity contribution in [2.24, 2.45) is 14.1 Å². The Labute approximate surface area is 171 Å². The number of nitrogens with zero attached hydrogens (tertiary/aromatic N) is 4. The van der Waals surface area contributed by atoms with Gasteiger partial charge in [0, 0.05) is 34.7 Å². The van der Waals surface area contributed by atoms with E-state index in [-0.39, 0.29) is 22.9 Å². The molecule has 30 heavy (non-hydrogen) atoms. The number of aryl methyl sites for hydroxylation is 2. The van der Waals surface area contributed by atoms with E-state index in [2.05, 4.69) is 20.8 Å². The topological polar surface area (TPSA) is 137 Å². The van der Waals surface area contributed by atoms with Crippen LogP contribution in [0, 0.1) is 0 Å². The van der Waals surface area contributed by atoms with Gasteiger partial charge < -0.3 is 20.6 Å². The van der Waals surface area contributed by atoms with Crippen molar-refractivity contribution in [1.82, 2.24) is 24.5 Å². The highest BCUT2D eigenvalue weighted by Gasteiger charge is 2.25. The Morgan fingerprint density at radius 2 is 1.83 bits per heavy atom. The monoisotopic (exact) mass is 413 g/mol. The van der Waals surface area contributed by atoms with Gasteiger partial charge in [0.15, 0.2) is 17.3 Å². The largest absolute Gasteiger partial charge is 0.503 e. The Morgan fingerprint density at radius 3 is 2.47 bits per heavy atom. The first kappa shape index (κ1) is 20.7. The summed E-state index contributed by atoms with van der Waals surface area (Å²) in [7, 11) is 6.00. The fraction of sp³-hybridized carbons (Fsp3) is 0.263. The Balaban J connectivity index is 2.02. The molecule has 0 atom stereocenters. The van der Waals surface area contributed by atoms with E-state index in [1.54, 1.807) is 14.1 Å². The molecule has 0 spiro atoms. The van der Waals surface area contributed by atoms with Crippen LogP contribution in [0.15, 0.2) is 39.9 Å². The van der Waals surface area contributed by atoms with Gasteiger partial charge >= 0.3 is 0 Å².